The fraction of sp³-hybridized carbons (Fsp3) is 0.229. The van der Waals surface area contributed by atoms with Gasteiger partial charge in [0.05, 0.1) is 41.0 Å². The third-order valence-corrected chi connectivity index (χ3v) is 10.1. The van der Waals surface area contributed by atoms with Gasteiger partial charge in [0, 0.05) is 30.2 Å². The van der Waals surface area contributed by atoms with Gasteiger partial charge in [0.25, 0.3) is 17.5 Å². The van der Waals surface area contributed by atoms with E-state index >= 15 is 0 Å². The minimum atomic E-state index is -0.507. The number of hydrazone groups is 1. The number of benzene rings is 3. The molecule has 0 aliphatic carbocycles. The number of ether oxygens (including phenoxy) is 1. The van der Waals surface area contributed by atoms with Gasteiger partial charge in [-0.05, 0) is 54.1 Å². The zero-order valence-corrected chi connectivity index (χ0v) is 28.4. The molecule has 250 valence electrons. The molecule has 0 fully saturated rings. The molecule has 5 aromatic rings. The fourth-order valence-electron chi connectivity index (χ4n) is 5.60. The van der Waals surface area contributed by atoms with Crippen LogP contribution in [0.5, 0.6) is 5.75 Å². The van der Waals surface area contributed by atoms with Crippen LogP contribution < -0.4 is 10.1 Å². The van der Waals surface area contributed by atoms with Crippen molar-refractivity contribution >= 4 is 46.3 Å². The Balaban J connectivity index is 1.20. The lowest BCUT2D eigenvalue weighted by atomic mass is 10.0. The third-order valence-electron chi connectivity index (χ3n) is 8.21. The lowest BCUT2D eigenvalue weighted by Crippen LogP contribution is -2.28. The monoisotopic (exact) mass is 695 g/mol. The first-order chi connectivity index (χ1) is 23.8. The zero-order valence-electron chi connectivity index (χ0n) is 26.8. The largest absolute Gasteiger partial charge is 0.497 e. The van der Waals surface area contributed by atoms with Gasteiger partial charge in [0.2, 0.25) is 0 Å². The van der Waals surface area contributed by atoms with Crippen molar-refractivity contribution in [3.05, 3.63) is 133 Å². The van der Waals surface area contributed by atoms with Crippen LogP contribution in [0, 0.1) is 17.0 Å². The summed E-state index contributed by atoms with van der Waals surface area (Å²) in [4.78, 5) is 38.9. The Morgan fingerprint density at radius 2 is 1.84 bits per heavy atom. The van der Waals surface area contributed by atoms with Gasteiger partial charge in [-0.1, -0.05) is 66.4 Å². The molecule has 0 spiro atoms. The van der Waals surface area contributed by atoms with Crippen LogP contribution >= 0.6 is 23.1 Å². The van der Waals surface area contributed by atoms with Crippen LogP contribution in [0.2, 0.25) is 0 Å². The molecule has 2 amide bonds. The SMILES string of the molecule is COc1ccc([C@H]2CC(c3cccs3)=NN2C(=O)CSc2nnc(CNC(=O)c3cccc([N+](=O)[O-])c3C)n2CCc2ccccc2)cc1. The molecule has 49 heavy (non-hydrogen) atoms. The van der Waals surface area contributed by atoms with Gasteiger partial charge in [-0.2, -0.15) is 5.10 Å². The Labute approximate surface area is 291 Å². The molecule has 0 bridgehead atoms. The average Bonchev–Trinajstić information content (AvgIpc) is 3.90. The third kappa shape index (κ3) is 7.71. The van der Waals surface area contributed by atoms with Gasteiger partial charge < -0.3 is 14.6 Å². The molecule has 1 aliphatic rings. The summed E-state index contributed by atoms with van der Waals surface area (Å²) < 4.78 is 7.23. The summed E-state index contributed by atoms with van der Waals surface area (Å²) in [5.41, 5.74) is 3.30. The maximum absolute atomic E-state index is 13.8. The Bertz CT molecular complexity index is 1980. The molecular weight excluding hydrogens is 663 g/mol. The van der Waals surface area contributed by atoms with Crippen LogP contribution in [0.25, 0.3) is 0 Å². The molecule has 1 atom stereocenters. The van der Waals surface area contributed by atoms with Crippen molar-refractivity contribution in [3.63, 3.8) is 0 Å². The lowest BCUT2D eigenvalue weighted by Gasteiger charge is -2.22. The second-order valence-corrected chi connectivity index (χ2v) is 13.1. The number of hydrogen-bond acceptors (Lipinski definition) is 10. The first-order valence-electron chi connectivity index (χ1n) is 15.5. The quantitative estimate of drug-likeness (QED) is 0.0870. The van der Waals surface area contributed by atoms with E-state index in [0.717, 1.165) is 27.5 Å². The predicted octanol–water partition coefficient (Wildman–Crippen LogP) is 6.21. The number of nitro benzene ring substituents is 1. The van der Waals surface area contributed by atoms with Crippen molar-refractivity contribution in [2.24, 2.45) is 5.10 Å². The number of thiophene rings is 1. The number of nitrogens with zero attached hydrogens (tertiary/aromatic N) is 6. The first kappa shape index (κ1) is 33.6. The highest BCUT2D eigenvalue weighted by Gasteiger charge is 2.34. The van der Waals surface area contributed by atoms with Crippen LogP contribution in [-0.4, -0.2) is 55.1 Å². The number of aryl methyl sites for hydroxylation is 1. The van der Waals surface area contributed by atoms with Crippen LogP contribution in [-0.2, 0) is 24.3 Å². The van der Waals surface area contributed by atoms with E-state index in [0.29, 0.717) is 30.4 Å². The molecule has 6 rings (SSSR count). The van der Waals surface area contributed by atoms with E-state index in [-0.39, 0.29) is 41.1 Å². The minimum absolute atomic E-state index is 0.0391. The van der Waals surface area contributed by atoms with E-state index in [2.05, 4.69) is 15.5 Å². The number of carbonyl (C=O) groups is 2. The number of amides is 2. The van der Waals surface area contributed by atoms with E-state index in [1.54, 1.807) is 36.4 Å². The number of methoxy groups -OCH3 is 1. The Morgan fingerprint density at radius 3 is 2.55 bits per heavy atom. The minimum Gasteiger partial charge on any atom is -0.497 e. The van der Waals surface area contributed by atoms with E-state index in [1.165, 1.54) is 23.9 Å². The van der Waals surface area contributed by atoms with Gasteiger partial charge in [-0.3, -0.25) is 19.7 Å². The molecule has 1 N–H and O–H groups in total. The standard InChI is InChI=1S/C35H33N7O5S2/c1-23-27(10-6-11-29(23)42(45)46)34(44)36-21-32-37-38-35(40(32)18-17-24-8-4-3-5-9-24)49-22-33(43)41-30(25-13-15-26(47-2)16-14-25)20-28(39-41)31-12-7-19-48-31/h3-16,19,30H,17-18,20-22H2,1-2H3,(H,36,44)/t30-/m1/s1. The van der Waals surface area contributed by atoms with Gasteiger partial charge in [0.1, 0.15) is 5.75 Å². The van der Waals surface area contributed by atoms with Crippen LogP contribution in [0.1, 0.15) is 50.2 Å². The second kappa shape index (κ2) is 15.3. The maximum atomic E-state index is 13.8. The van der Waals surface area contributed by atoms with Gasteiger partial charge >= 0.3 is 0 Å². The van der Waals surface area contributed by atoms with Crippen molar-refractivity contribution in [1.29, 1.82) is 0 Å². The fourth-order valence-corrected chi connectivity index (χ4v) is 7.16. The molecule has 1 aliphatic heterocycles. The van der Waals surface area contributed by atoms with Crippen molar-refractivity contribution < 1.29 is 19.2 Å². The summed E-state index contributed by atoms with van der Waals surface area (Å²) in [6.45, 7) is 2.10. The highest BCUT2D eigenvalue weighted by atomic mass is 32.2. The topological polar surface area (TPSA) is 145 Å². The average molecular weight is 696 g/mol. The number of thioether (sulfide) groups is 1. The molecule has 12 nitrogen and oxygen atoms in total. The lowest BCUT2D eigenvalue weighted by molar-refractivity contribution is -0.385. The molecule has 2 aromatic heterocycles. The van der Waals surface area contributed by atoms with E-state index in [9.17, 15) is 19.7 Å². The molecule has 0 unspecified atom stereocenters. The number of carbonyl (C=O) groups excluding carboxylic acids is 2. The van der Waals surface area contributed by atoms with Crippen molar-refractivity contribution in [1.82, 2.24) is 25.1 Å². The molecule has 0 radical (unpaired) electrons. The Morgan fingerprint density at radius 1 is 1.04 bits per heavy atom. The van der Waals surface area contributed by atoms with Gasteiger partial charge in [0.15, 0.2) is 11.0 Å². The van der Waals surface area contributed by atoms with Crippen LogP contribution in [0.3, 0.4) is 0 Å². The summed E-state index contributed by atoms with van der Waals surface area (Å²) in [5.74, 6) is 0.665. The molecule has 14 heteroatoms. The molecule has 3 aromatic carbocycles. The predicted molar refractivity (Wildman–Crippen MR) is 188 cm³/mol. The number of rotatable bonds is 13. The van der Waals surface area contributed by atoms with Gasteiger partial charge in [-0.15, -0.1) is 21.5 Å². The summed E-state index contributed by atoms with van der Waals surface area (Å²) in [7, 11) is 1.62. The highest BCUT2D eigenvalue weighted by Crippen LogP contribution is 2.35. The highest BCUT2D eigenvalue weighted by molar-refractivity contribution is 7.99. The number of aromatic nitrogens is 3. The summed E-state index contributed by atoms with van der Waals surface area (Å²) in [6.07, 6.45) is 1.26. The van der Waals surface area contributed by atoms with Crippen molar-refractivity contribution in [3.8, 4) is 5.75 Å². The zero-order chi connectivity index (χ0) is 34.3. The first-order valence-corrected chi connectivity index (χ1v) is 17.4. The summed E-state index contributed by atoms with van der Waals surface area (Å²) in [5, 5.41) is 31.9. The number of nitro groups is 1. The van der Waals surface area contributed by atoms with E-state index < -0.39 is 10.8 Å². The molecule has 0 saturated heterocycles. The van der Waals surface area contributed by atoms with Gasteiger partial charge in [-0.25, -0.2) is 5.01 Å². The summed E-state index contributed by atoms with van der Waals surface area (Å²) >= 11 is 2.85. The van der Waals surface area contributed by atoms with E-state index in [4.69, 9.17) is 9.84 Å². The number of hydrogen-bond donors (Lipinski definition) is 1. The Kier molecular flexibility index (Phi) is 10.4. The van der Waals surface area contributed by atoms with E-state index in [1.807, 2.05) is 76.7 Å². The normalized spacial score (nSPS) is 14.0. The molecule has 0 saturated carbocycles. The van der Waals surface area contributed by atoms with Crippen molar-refractivity contribution in [2.75, 3.05) is 12.9 Å². The maximum Gasteiger partial charge on any atom is 0.273 e. The molecule has 3 heterocycles. The Hall–Kier alpha value is -5.34. The van der Waals surface area contributed by atoms with Crippen molar-refractivity contribution in [2.45, 2.75) is 44.1 Å². The smallest absolute Gasteiger partial charge is 0.273 e. The second-order valence-electron chi connectivity index (χ2n) is 11.2. The molecular formula is C35H33N7O5S2. The van der Waals surface area contributed by atoms with Crippen LogP contribution in [0.4, 0.5) is 5.69 Å². The number of nitrogens with one attached hydrogen (secondary N) is 1. The summed E-state index contributed by atoms with van der Waals surface area (Å²) in [6, 6.07) is 25.7. The van der Waals surface area contributed by atoms with Crippen LogP contribution in [0.15, 0.2) is 101 Å².